The quantitative estimate of drug-likeness (QED) is 0.478. The number of fused-ring (bicyclic) bond motifs is 1. The van der Waals surface area contributed by atoms with Crippen molar-refractivity contribution in [2.45, 2.75) is 74.9 Å². The molecule has 2 bridgehead atoms. The zero-order valence-electron chi connectivity index (χ0n) is 16.8. The van der Waals surface area contributed by atoms with Gasteiger partial charge >= 0.3 is 0 Å². The molecule has 1 radical (unpaired) electrons. The van der Waals surface area contributed by atoms with Crippen molar-refractivity contribution in [3.63, 3.8) is 0 Å². The van der Waals surface area contributed by atoms with Crippen LogP contribution in [0.1, 0.15) is 61.8 Å². The Hall–Kier alpha value is -0.823. The largest absolute Gasteiger partial charge is 0.110 e. The molecule has 0 saturated heterocycles. The van der Waals surface area contributed by atoms with Gasteiger partial charge in [0.2, 0.25) is 0 Å². The van der Waals surface area contributed by atoms with Crippen molar-refractivity contribution >= 4 is 8.07 Å². The maximum Gasteiger partial charge on any atom is 0.110 e. The fraction of sp³-hybridized carbons (Fsp3) is 0.636. The predicted molar refractivity (Wildman–Crippen MR) is 104 cm³/mol. The van der Waals surface area contributed by atoms with Crippen LogP contribution in [0.15, 0.2) is 38.8 Å². The Morgan fingerprint density at radius 1 is 1.04 bits per heavy atom. The van der Waals surface area contributed by atoms with Crippen molar-refractivity contribution in [1.29, 1.82) is 0 Å². The highest BCUT2D eigenvalue weighted by atomic mass is 28.3. The summed E-state index contributed by atoms with van der Waals surface area (Å²) in [5.74, 6) is 0. The standard InChI is InChI=1S/C22H33Si/c1-14-11-15(20(2,3)4)12-16(14)22(8)13-17-18(21(5,6)7)19(22)23(17,9)10/h11H,12H2,1-10H3. The smallest absolute Gasteiger partial charge is 0.0618 e. The molecule has 1 unspecified atom stereocenters. The summed E-state index contributed by atoms with van der Waals surface area (Å²) >= 11 is 0. The van der Waals surface area contributed by atoms with Gasteiger partial charge in [0.05, 0.1) is 0 Å². The Bertz CT molecular complexity index is 708. The number of allylic oxidation sites excluding steroid dienone is 8. The maximum absolute atomic E-state index is 4.01. The molecule has 0 aromatic rings. The average Bonchev–Trinajstić information content (AvgIpc) is 2.93. The van der Waals surface area contributed by atoms with Crippen LogP contribution in [0.4, 0.5) is 0 Å². The van der Waals surface area contributed by atoms with Crippen molar-refractivity contribution in [3.8, 4) is 0 Å². The van der Waals surface area contributed by atoms with Gasteiger partial charge in [-0.2, -0.15) is 0 Å². The monoisotopic (exact) mass is 325 g/mol. The highest BCUT2D eigenvalue weighted by Crippen LogP contribution is 2.66. The van der Waals surface area contributed by atoms with E-state index in [0.717, 1.165) is 6.42 Å². The van der Waals surface area contributed by atoms with Crippen LogP contribution < -0.4 is 0 Å². The number of hydrogen-bond acceptors (Lipinski definition) is 0. The van der Waals surface area contributed by atoms with E-state index in [0.29, 0.717) is 0 Å². The SMILES string of the molecule is CC1=C(C2(C)[C]=C3C(C(C)(C)C)=C2[Si]3(C)C)CC(C(C)(C)C)=C1. The van der Waals surface area contributed by atoms with Gasteiger partial charge in [-0.1, -0.05) is 77.1 Å². The van der Waals surface area contributed by atoms with E-state index in [4.69, 9.17) is 0 Å². The van der Waals surface area contributed by atoms with Crippen molar-refractivity contribution in [2.24, 2.45) is 16.2 Å². The van der Waals surface area contributed by atoms with Gasteiger partial charge in [-0.25, -0.2) is 0 Å². The lowest BCUT2D eigenvalue weighted by atomic mass is 9.76. The van der Waals surface area contributed by atoms with E-state index in [9.17, 15) is 0 Å². The van der Waals surface area contributed by atoms with Crippen molar-refractivity contribution in [3.05, 3.63) is 44.8 Å². The Kier molecular flexibility index (Phi) is 3.27. The van der Waals surface area contributed by atoms with Gasteiger partial charge in [0.25, 0.3) is 0 Å². The first kappa shape index (κ1) is 17.0. The molecule has 2 aliphatic carbocycles. The zero-order valence-corrected chi connectivity index (χ0v) is 17.8. The van der Waals surface area contributed by atoms with Gasteiger partial charge in [0.1, 0.15) is 8.07 Å². The van der Waals surface area contributed by atoms with Gasteiger partial charge in [-0.3, -0.25) is 0 Å². The molecule has 1 heteroatoms. The Morgan fingerprint density at radius 3 is 2.00 bits per heavy atom. The Labute approximate surface area is 144 Å². The molecule has 0 spiro atoms. The van der Waals surface area contributed by atoms with Gasteiger partial charge in [-0.15, -0.1) is 0 Å². The molecule has 0 N–H and O–H groups in total. The first-order valence-electron chi connectivity index (χ1n) is 9.03. The zero-order chi connectivity index (χ0) is 17.6. The van der Waals surface area contributed by atoms with Gasteiger partial charge in [0, 0.05) is 5.41 Å². The summed E-state index contributed by atoms with van der Waals surface area (Å²) in [7, 11) is -1.39. The van der Waals surface area contributed by atoms with E-state index in [1.165, 1.54) is 5.57 Å². The van der Waals surface area contributed by atoms with Crippen LogP contribution in [0, 0.1) is 22.3 Å². The highest BCUT2D eigenvalue weighted by molar-refractivity contribution is 6.96. The molecule has 0 aromatic carbocycles. The first-order valence-corrected chi connectivity index (χ1v) is 12.0. The molecule has 0 nitrogen and oxygen atoms in total. The van der Waals surface area contributed by atoms with Crippen molar-refractivity contribution in [1.82, 2.24) is 0 Å². The number of rotatable bonds is 1. The Morgan fingerprint density at radius 2 is 1.61 bits per heavy atom. The molecule has 125 valence electrons. The van der Waals surface area contributed by atoms with Crippen LogP contribution >= 0.6 is 0 Å². The van der Waals surface area contributed by atoms with E-state index < -0.39 is 8.07 Å². The molecular weight excluding hydrogens is 292 g/mol. The van der Waals surface area contributed by atoms with Crippen LogP contribution in [0.3, 0.4) is 0 Å². The fourth-order valence-electron chi connectivity index (χ4n) is 4.98. The second kappa shape index (κ2) is 4.42. The van der Waals surface area contributed by atoms with E-state index in [-0.39, 0.29) is 16.2 Å². The van der Waals surface area contributed by atoms with E-state index in [2.05, 4.69) is 80.6 Å². The maximum atomic E-state index is 4.01. The minimum absolute atomic E-state index is 0.0707. The Balaban J connectivity index is 2.06. The third kappa shape index (κ3) is 2.15. The molecule has 4 aliphatic rings. The average molecular weight is 326 g/mol. The van der Waals surface area contributed by atoms with Crippen LogP contribution in [0.2, 0.25) is 13.1 Å². The summed E-state index contributed by atoms with van der Waals surface area (Å²) in [4.78, 5) is 0. The van der Waals surface area contributed by atoms with Crippen LogP contribution in [0.25, 0.3) is 0 Å². The third-order valence-corrected chi connectivity index (χ3v) is 9.80. The minimum Gasteiger partial charge on any atom is -0.0618 e. The second-order valence-electron chi connectivity index (χ2n) is 10.5. The second-order valence-corrected chi connectivity index (χ2v) is 14.8. The molecule has 1 atom stereocenters. The summed E-state index contributed by atoms with van der Waals surface area (Å²) in [6.45, 7) is 23.9. The normalized spacial score (nSPS) is 29.8. The molecule has 23 heavy (non-hydrogen) atoms. The molecule has 0 saturated carbocycles. The first-order chi connectivity index (χ1) is 10.2. The predicted octanol–water partition coefficient (Wildman–Crippen LogP) is 6.57. The van der Waals surface area contributed by atoms with Gasteiger partial charge in [0.15, 0.2) is 0 Å². The topological polar surface area (TPSA) is 0 Å². The molecular formula is C22H33Si. The molecule has 0 aromatic heterocycles. The highest BCUT2D eigenvalue weighted by Gasteiger charge is 2.60. The lowest BCUT2D eigenvalue weighted by molar-refractivity contribution is 0.479. The summed E-state index contributed by atoms with van der Waals surface area (Å²) in [5.41, 5.74) is 6.92. The van der Waals surface area contributed by atoms with Crippen molar-refractivity contribution < 1.29 is 0 Å². The van der Waals surface area contributed by atoms with Crippen LogP contribution in [-0.2, 0) is 0 Å². The molecule has 0 amide bonds. The molecule has 4 rings (SSSR count). The van der Waals surface area contributed by atoms with Crippen LogP contribution in [-0.4, -0.2) is 8.07 Å². The van der Waals surface area contributed by atoms with Crippen LogP contribution in [0.5, 0.6) is 0 Å². The summed E-state index contributed by atoms with van der Waals surface area (Å²) in [6, 6.07) is 0. The summed E-state index contributed by atoms with van der Waals surface area (Å²) < 4.78 is 0. The lowest BCUT2D eigenvalue weighted by Gasteiger charge is -2.47. The third-order valence-electron chi connectivity index (χ3n) is 6.18. The molecule has 2 aliphatic heterocycles. The van der Waals surface area contributed by atoms with Crippen molar-refractivity contribution in [2.75, 3.05) is 0 Å². The lowest BCUT2D eigenvalue weighted by Crippen LogP contribution is -2.46. The number of hydrogen-bond donors (Lipinski definition) is 0. The van der Waals surface area contributed by atoms with E-state index in [1.807, 2.05) is 0 Å². The summed E-state index contributed by atoms with van der Waals surface area (Å²) in [5, 5.41) is 3.39. The van der Waals surface area contributed by atoms with Gasteiger partial charge in [-0.05, 0) is 53.5 Å². The summed E-state index contributed by atoms with van der Waals surface area (Å²) in [6.07, 6.45) is 7.60. The molecule has 2 heterocycles. The van der Waals surface area contributed by atoms with E-state index in [1.54, 1.807) is 27.1 Å². The van der Waals surface area contributed by atoms with Gasteiger partial charge < -0.3 is 0 Å². The van der Waals surface area contributed by atoms with E-state index >= 15 is 0 Å². The fourth-order valence-corrected chi connectivity index (χ4v) is 9.32. The molecule has 0 fully saturated rings. The minimum atomic E-state index is -1.39.